The zero-order chi connectivity index (χ0) is 4.57. The molecular weight excluding hydrogens is 114 g/mol. The Bertz CT molecular complexity index is 51.7. The SMILES string of the molecule is [Cl-].[NH3+][C@@H]1CC[C@@H]1O. The van der Waals surface area contributed by atoms with Crippen molar-refractivity contribution in [2.24, 2.45) is 0 Å². The van der Waals surface area contributed by atoms with Crippen molar-refractivity contribution < 1.29 is 23.2 Å². The van der Waals surface area contributed by atoms with Crippen LogP contribution in [-0.4, -0.2) is 17.3 Å². The van der Waals surface area contributed by atoms with E-state index in [1.54, 1.807) is 0 Å². The summed E-state index contributed by atoms with van der Waals surface area (Å²) in [7, 11) is 0. The molecule has 0 radical (unpaired) electrons. The lowest BCUT2D eigenvalue weighted by atomic mass is 9.90. The van der Waals surface area contributed by atoms with Gasteiger partial charge in [0.05, 0.1) is 0 Å². The molecule has 1 aliphatic rings. The van der Waals surface area contributed by atoms with Crippen molar-refractivity contribution in [3.63, 3.8) is 0 Å². The van der Waals surface area contributed by atoms with E-state index in [4.69, 9.17) is 5.11 Å². The van der Waals surface area contributed by atoms with Crippen LogP contribution in [0.25, 0.3) is 0 Å². The largest absolute Gasteiger partial charge is 1.00 e. The van der Waals surface area contributed by atoms with Gasteiger partial charge < -0.3 is 23.2 Å². The van der Waals surface area contributed by atoms with E-state index in [2.05, 4.69) is 5.73 Å². The molecule has 0 aromatic rings. The molecule has 0 unspecified atom stereocenters. The lowest BCUT2D eigenvalue weighted by molar-refractivity contribution is -0.458. The Hall–Kier alpha value is 0.210. The average Bonchev–Trinajstić information content (AvgIpc) is 1.61. The first kappa shape index (κ1) is 7.21. The summed E-state index contributed by atoms with van der Waals surface area (Å²) in [5.74, 6) is 0. The Kier molecular flexibility index (Phi) is 2.58. The normalized spacial score (nSPS) is 38.6. The quantitative estimate of drug-likeness (QED) is 0.337. The van der Waals surface area contributed by atoms with Gasteiger partial charge in [-0.15, -0.1) is 0 Å². The Morgan fingerprint density at radius 2 is 1.86 bits per heavy atom. The molecule has 0 spiro atoms. The zero-order valence-electron chi connectivity index (χ0n) is 4.10. The molecule has 2 atom stereocenters. The van der Waals surface area contributed by atoms with Gasteiger partial charge in [0.2, 0.25) is 0 Å². The molecule has 0 aliphatic heterocycles. The highest BCUT2D eigenvalue weighted by Crippen LogP contribution is 2.14. The number of hydrogen-bond donors (Lipinski definition) is 2. The maximum Gasteiger partial charge on any atom is 0.111 e. The van der Waals surface area contributed by atoms with Gasteiger partial charge in [-0.1, -0.05) is 0 Å². The minimum Gasteiger partial charge on any atom is -1.00 e. The standard InChI is InChI=1S/C4H9NO.ClH/c5-3-1-2-4(3)6;/h3-4,6H,1-2,5H2;1H/t3-,4+;/m1./s1. The molecule has 3 heteroatoms. The van der Waals surface area contributed by atoms with Crippen LogP contribution in [0.4, 0.5) is 0 Å². The molecular formula is C4H10ClNO. The number of quaternary nitrogens is 1. The van der Waals surface area contributed by atoms with Crippen molar-refractivity contribution in [2.75, 3.05) is 0 Å². The van der Waals surface area contributed by atoms with E-state index < -0.39 is 0 Å². The van der Waals surface area contributed by atoms with Crippen LogP contribution in [0.3, 0.4) is 0 Å². The van der Waals surface area contributed by atoms with E-state index in [9.17, 15) is 0 Å². The van der Waals surface area contributed by atoms with Gasteiger partial charge in [-0.05, 0) is 6.42 Å². The predicted octanol–water partition coefficient (Wildman–Crippen LogP) is -4.24. The molecule has 0 bridgehead atoms. The van der Waals surface area contributed by atoms with E-state index >= 15 is 0 Å². The first-order valence-corrected chi connectivity index (χ1v) is 2.32. The molecule has 1 rings (SSSR count). The van der Waals surface area contributed by atoms with Crippen LogP contribution in [0.1, 0.15) is 12.8 Å². The third kappa shape index (κ3) is 1.30. The summed E-state index contributed by atoms with van der Waals surface area (Å²) in [6.07, 6.45) is 2.00. The summed E-state index contributed by atoms with van der Waals surface area (Å²) in [5.41, 5.74) is 3.67. The van der Waals surface area contributed by atoms with Crippen LogP contribution in [0.2, 0.25) is 0 Å². The Morgan fingerprint density at radius 3 is 1.86 bits per heavy atom. The zero-order valence-corrected chi connectivity index (χ0v) is 4.86. The van der Waals surface area contributed by atoms with Crippen LogP contribution in [0, 0.1) is 0 Å². The molecule has 2 nitrogen and oxygen atoms in total. The smallest absolute Gasteiger partial charge is 0.111 e. The summed E-state index contributed by atoms with van der Waals surface area (Å²) in [5, 5.41) is 8.65. The Labute approximate surface area is 49.1 Å². The average molecular weight is 124 g/mol. The molecule has 1 fully saturated rings. The fourth-order valence-electron chi connectivity index (χ4n) is 0.551. The molecule has 0 aromatic heterocycles. The molecule has 0 aromatic carbocycles. The second-order valence-electron chi connectivity index (χ2n) is 1.90. The fourth-order valence-corrected chi connectivity index (χ4v) is 0.551. The Balaban J connectivity index is 0.000000360. The topological polar surface area (TPSA) is 47.9 Å². The fraction of sp³-hybridized carbons (Fsp3) is 1.00. The lowest BCUT2D eigenvalue weighted by Gasteiger charge is -2.24. The predicted molar refractivity (Wildman–Crippen MR) is 21.9 cm³/mol. The van der Waals surface area contributed by atoms with Gasteiger partial charge in [0, 0.05) is 6.42 Å². The minimum absolute atomic E-state index is 0. The van der Waals surface area contributed by atoms with Crippen LogP contribution in [-0.2, 0) is 0 Å². The van der Waals surface area contributed by atoms with E-state index in [0.717, 1.165) is 12.8 Å². The molecule has 1 saturated carbocycles. The summed E-state index contributed by atoms with van der Waals surface area (Å²) < 4.78 is 0. The minimum atomic E-state index is -0.0787. The molecule has 7 heavy (non-hydrogen) atoms. The molecule has 44 valence electrons. The maximum atomic E-state index is 8.65. The highest BCUT2D eigenvalue weighted by atomic mass is 35.5. The van der Waals surface area contributed by atoms with Crippen molar-refractivity contribution in [3.8, 4) is 0 Å². The third-order valence-corrected chi connectivity index (χ3v) is 1.38. The van der Waals surface area contributed by atoms with Gasteiger partial charge in [-0.2, -0.15) is 0 Å². The molecule has 0 saturated heterocycles. The number of halogens is 1. The summed E-state index contributed by atoms with van der Waals surface area (Å²) in [6.45, 7) is 0. The third-order valence-electron chi connectivity index (χ3n) is 1.38. The number of rotatable bonds is 0. The lowest BCUT2D eigenvalue weighted by Crippen LogP contribution is -3.00. The first-order chi connectivity index (χ1) is 2.80. The van der Waals surface area contributed by atoms with Crippen molar-refractivity contribution >= 4 is 0 Å². The van der Waals surface area contributed by atoms with Crippen molar-refractivity contribution in [3.05, 3.63) is 0 Å². The van der Waals surface area contributed by atoms with Crippen LogP contribution < -0.4 is 18.1 Å². The van der Waals surface area contributed by atoms with Gasteiger partial charge in [-0.25, -0.2) is 0 Å². The van der Waals surface area contributed by atoms with Crippen molar-refractivity contribution in [1.29, 1.82) is 0 Å². The molecule has 0 amide bonds. The number of hydrogen-bond acceptors (Lipinski definition) is 1. The highest BCUT2D eigenvalue weighted by Gasteiger charge is 2.27. The van der Waals surface area contributed by atoms with Gasteiger partial charge in [0.25, 0.3) is 0 Å². The van der Waals surface area contributed by atoms with Gasteiger partial charge in [-0.3, -0.25) is 0 Å². The van der Waals surface area contributed by atoms with E-state index in [1.165, 1.54) is 0 Å². The first-order valence-electron chi connectivity index (χ1n) is 2.32. The number of aliphatic hydroxyl groups excluding tert-OH is 1. The molecule has 0 heterocycles. The number of aliphatic hydroxyl groups is 1. The highest BCUT2D eigenvalue weighted by molar-refractivity contribution is 4.76. The second-order valence-corrected chi connectivity index (χ2v) is 1.90. The van der Waals surface area contributed by atoms with Crippen LogP contribution in [0.15, 0.2) is 0 Å². The van der Waals surface area contributed by atoms with E-state index in [1.807, 2.05) is 0 Å². The maximum absolute atomic E-state index is 8.65. The van der Waals surface area contributed by atoms with Crippen molar-refractivity contribution in [1.82, 2.24) is 0 Å². The summed E-state index contributed by atoms with van der Waals surface area (Å²) in [4.78, 5) is 0. The second kappa shape index (κ2) is 2.50. The van der Waals surface area contributed by atoms with Gasteiger partial charge >= 0.3 is 0 Å². The molecule has 1 aliphatic carbocycles. The summed E-state index contributed by atoms with van der Waals surface area (Å²) >= 11 is 0. The summed E-state index contributed by atoms with van der Waals surface area (Å²) in [6, 6.07) is 0.338. The molecule has 4 N–H and O–H groups in total. The van der Waals surface area contributed by atoms with E-state index in [-0.39, 0.29) is 18.5 Å². The monoisotopic (exact) mass is 123 g/mol. The van der Waals surface area contributed by atoms with E-state index in [0.29, 0.717) is 6.04 Å². The van der Waals surface area contributed by atoms with Crippen LogP contribution >= 0.6 is 0 Å². The Morgan fingerprint density at radius 1 is 1.43 bits per heavy atom. The van der Waals surface area contributed by atoms with Gasteiger partial charge in [0.15, 0.2) is 0 Å². The van der Waals surface area contributed by atoms with Crippen LogP contribution in [0.5, 0.6) is 0 Å². The van der Waals surface area contributed by atoms with Gasteiger partial charge in [0.1, 0.15) is 12.1 Å². The van der Waals surface area contributed by atoms with Crippen molar-refractivity contribution in [2.45, 2.75) is 25.0 Å².